The second-order valence-corrected chi connectivity index (χ2v) is 12.4. The number of piperidine rings is 2. The van der Waals surface area contributed by atoms with Crippen LogP contribution in [0.5, 0.6) is 0 Å². The normalized spacial score (nSPS) is 25.4. The molecule has 190 valence electrons. The third-order valence-electron chi connectivity index (χ3n) is 7.24. The third kappa shape index (κ3) is 4.20. The topological polar surface area (TPSA) is 163 Å². The molecule has 6 rings (SSSR count). The quantitative estimate of drug-likeness (QED) is 0.359. The first kappa shape index (κ1) is 23.6. The molecule has 3 saturated heterocycles. The molecule has 2 atom stereocenters. The Morgan fingerprint density at radius 2 is 2.03 bits per heavy atom. The Hall–Kier alpha value is -2.83. The zero-order chi connectivity index (χ0) is 24.9. The van der Waals surface area contributed by atoms with Crippen molar-refractivity contribution in [2.45, 2.75) is 56.8 Å². The molecule has 0 saturated carbocycles. The molecule has 3 fully saturated rings. The maximum atomic E-state index is 13.3. The molecule has 14 heteroatoms. The van der Waals surface area contributed by atoms with Crippen molar-refractivity contribution in [3.63, 3.8) is 0 Å². The number of thiophene rings is 1. The molecule has 2 unspecified atom stereocenters. The Kier molecular flexibility index (Phi) is 6.05. The van der Waals surface area contributed by atoms with Gasteiger partial charge < -0.3 is 15.7 Å². The van der Waals surface area contributed by atoms with Crippen LogP contribution in [0.2, 0.25) is 0 Å². The highest BCUT2D eigenvalue weighted by molar-refractivity contribution is 7.86. The number of nitrogens with one attached hydrogen (secondary N) is 3. The van der Waals surface area contributed by atoms with Crippen molar-refractivity contribution in [1.29, 1.82) is 5.26 Å². The van der Waals surface area contributed by atoms with Crippen LogP contribution < -0.4 is 10.6 Å². The van der Waals surface area contributed by atoms with Gasteiger partial charge in [-0.3, -0.25) is 5.10 Å². The smallest absolute Gasteiger partial charge is 0.282 e. The lowest BCUT2D eigenvalue weighted by Gasteiger charge is -2.50. The second-order valence-electron chi connectivity index (χ2n) is 9.63. The van der Waals surface area contributed by atoms with Gasteiger partial charge in [0.15, 0.2) is 5.82 Å². The molecule has 6 heterocycles. The minimum absolute atomic E-state index is 0.0478. The van der Waals surface area contributed by atoms with E-state index in [1.54, 1.807) is 10.4 Å². The zero-order valence-corrected chi connectivity index (χ0v) is 21.1. The van der Waals surface area contributed by atoms with Crippen LogP contribution in [0, 0.1) is 17.2 Å². The van der Waals surface area contributed by atoms with Crippen LogP contribution in [0.4, 0.5) is 17.6 Å². The van der Waals surface area contributed by atoms with Crippen LogP contribution in [0.25, 0.3) is 10.2 Å². The Morgan fingerprint density at radius 3 is 2.72 bits per heavy atom. The summed E-state index contributed by atoms with van der Waals surface area (Å²) in [6.45, 7) is 0.444. The molecule has 0 amide bonds. The van der Waals surface area contributed by atoms with Crippen LogP contribution >= 0.6 is 11.3 Å². The summed E-state index contributed by atoms with van der Waals surface area (Å²) >= 11 is 1.52. The minimum atomic E-state index is -3.57. The van der Waals surface area contributed by atoms with E-state index in [1.807, 2.05) is 11.4 Å². The summed E-state index contributed by atoms with van der Waals surface area (Å²) in [7, 11) is -3.57. The molecule has 0 aliphatic carbocycles. The second kappa shape index (κ2) is 9.24. The Labute approximate surface area is 212 Å². The summed E-state index contributed by atoms with van der Waals surface area (Å²) < 4.78 is 29.8. The van der Waals surface area contributed by atoms with Crippen LogP contribution in [-0.2, 0) is 16.8 Å². The lowest BCUT2D eigenvalue weighted by atomic mass is 9.84. The van der Waals surface area contributed by atoms with Crippen molar-refractivity contribution >= 4 is 49.3 Å². The molecule has 4 N–H and O–H groups in total. The van der Waals surface area contributed by atoms with Crippen LogP contribution in [0.3, 0.4) is 0 Å². The molecule has 0 radical (unpaired) electrons. The molecular weight excluding hydrogens is 502 g/mol. The number of aliphatic hydroxyl groups excluding tert-OH is 1. The predicted molar refractivity (Wildman–Crippen MR) is 135 cm³/mol. The molecule has 3 aliphatic rings. The molecule has 2 bridgehead atoms. The molecule has 0 spiro atoms. The van der Waals surface area contributed by atoms with E-state index in [0.717, 1.165) is 29.5 Å². The zero-order valence-electron chi connectivity index (χ0n) is 19.5. The Balaban J connectivity index is 1.20. The fourth-order valence-corrected chi connectivity index (χ4v) is 8.40. The number of H-pyrrole nitrogens is 1. The van der Waals surface area contributed by atoms with Gasteiger partial charge >= 0.3 is 0 Å². The summed E-state index contributed by atoms with van der Waals surface area (Å²) in [5.41, 5.74) is 0.598. The minimum Gasteiger partial charge on any atom is -0.390 e. The van der Waals surface area contributed by atoms with Gasteiger partial charge in [-0.1, -0.05) is 6.42 Å². The SMILES string of the molecule is N#CC1CN(S(=O)(=O)N2C3CCCC2CC(Nc2nc(Nc4cc(CO)[nH]n4)c4ccsc4n2)C3)C1. The number of rotatable bonds is 7. The van der Waals surface area contributed by atoms with Gasteiger partial charge in [0.25, 0.3) is 10.2 Å². The van der Waals surface area contributed by atoms with E-state index in [2.05, 4.69) is 26.9 Å². The number of nitrogens with zero attached hydrogens (tertiary/aromatic N) is 6. The fraction of sp³-hybridized carbons (Fsp3) is 0.545. The van der Waals surface area contributed by atoms with Crippen molar-refractivity contribution in [3.8, 4) is 6.07 Å². The van der Waals surface area contributed by atoms with Crippen molar-refractivity contribution in [3.05, 3.63) is 23.2 Å². The van der Waals surface area contributed by atoms with Gasteiger partial charge in [-0.2, -0.15) is 32.4 Å². The van der Waals surface area contributed by atoms with Gasteiger partial charge in [-0.05, 0) is 37.1 Å². The van der Waals surface area contributed by atoms with Gasteiger partial charge in [0.2, 0.25) is 5.95 Å². The maximum Gasteiger partial charge on any atom is 0.282 e. The summed E-state index contributed by atoms with van der Waals surface area (Å²) in [5, 5.41) is 34.8. The van der Waals surface area contributed by atoms with Gasteiger partial charge in [-0.25, -0.2) is 4.98 Å². The number of hydrogen-bond donors (Lipinski definition) is 4. The van der Waals surface area contributed by atoms with Crippen LogP contribution in [0.1, 0.15) is 37.8 Å². The van der Waals surface area contributed by atoms with Gasteiger partial charge in [-0.15, -0.1) is 11.3 Å². The van der Waals surface area contributed by atoms with E-state index in [0.29, 0.717) is 36.1 Å². The van der Waals surface area contributed by atoms with Gasteiger partial charge in [0, 0.05) is 37.3 Å². The first-order chi connectivity index (χ1) is 17.4. The van der Waals surface area contributed by atoms with E-state index in [-0.39, 0.29) is 43.7 Å². The summed E-state index contributed by atoms with van der Waals surface area (Å²) in [6, 6.07) is 5.72. The molecule has 3 aromatic rings. The average molecular weight is 530 g/mol. The van der Waals surface area contributed by atoms with Gasteiger partial charge in [0.05, 0.1) is 29.7 Å². The molecule has 3 aliphatic heterocycles. The molecule has 3 aromatic heterocycles. The van der Waals surface area contributed by atoms with E-state index < -0.39 is 10.2 Å². The molecule has 36 heavy (non-hydrogen) atoms. The summed E-state index contributed by atoms with van der Waals surface area (Å²) in [6.07, 6.45) is 4.03. The van der Waals surface area contributed by atoms with E-state index in [4.69, 9.17) is 15.2 Å². The number of aromatic nitrogens is 4. The van der Waals surface area contributed by atoms with Crippen molar-refractivity contribution in [2.75, 3.05) is 23.7 Å². The lowest BCUT2D eigenvalue weighted by Crippen LogP contribution is -2.63. The highest BCUT2D eigenvalue weighted by Gasteiger charge is 2.49. The lowest BCUT2D eigenvalue weighted by molar-refractivity contribution is 0.0983. The third-order valence-corrected chi connectivity index (χ3v) is 10.1. The van der Waals surface area contributed by atoms with Gasteiger partial charge in [0.1, 0.15) is 10.6 Å². The standard InChI is InChI=1S/C22H27N9O3S2/c23-9-13-10-30(11-13)36(33,34)31-16-2-1-3-17(31)7-14(6-16)24-22-26-20(18-4-5-35-21(18)27-22)25-19-8-15(12-32)28-29-19/h4-5,8,13-14,16-17,32H,1-3,6-7,10-12H2,(H3,24,25,26,27,28,29). The number of aliphatic hydroxyl groups is 1. The number of nitriles is 1. The maximum absolute atomic E-state index is 13.3. The largest absolute Gasteiger partial charge is 0.390 e. The fourth-order valence-electron chi connectivity index (χ4n) is 5.50. The summed E-state index contributed by atoms with van der Waals surface area (Å²) in [4.78, 5) is 10.2. The number of anilines is 3. The molecule has 0 aromatic carbocycles. The first-order valence-electron chi connectivity index (χ1n) is 12.1. The predicted octanol–water partition coefficient (Wildman–Crippen LogP) is 2.15. The van der Waals surface area contributed by atoms with Crippen LogP contribution in [0.15, 0.2) is 17.5 Å². The van der Waals surface area contributed by atoms with Crippen molar-refractivity contribution in [2.24, 2.45) is 5.92 Å². The van der Waals surface area contributed by atoms with Crippen molar-refractivity contribution in [1.82, 2.24) is 28.8 Å². The van der Waals surface area contributed by atoms with E-state index in [9.17, 15) is 13.5 Å². The van der Waals surface area contributed by atoms with Crippen molar-refractivity contribution < 1.29 is 13.5 Å². The average Bonchev–Trinajstić information content (AvgIpc) is 3.47. The number of fused-ring (bicyclic) bond motifs is 3. The summed E-state index contributed by atoms with van der Waals surface area (Å²) in [5.74, 6) is 1.45. The monoisotopic (exact) mass is 529 g/mol. The first-order valence-corrected chi connectivity index (χ1v) is 14.3. The molecule has 12 nitrogen and oxygen atoms in total. The number of aromatic amines is 1. The van der Waals surface area contributed by atoms with Crippen LogP contribution in [-0.4, -0.2) is 73.5 Å². The Bertz CT molecular complexity index is 1400. The van der Waals surface area contributed by atoms with E-state index in [1.165, 1.54) is 15.6 Å². The van der Waals surface area contributed by atoms with E-state index >= 15 is 0 Å². The highest BCUT2D eigenvalue weighted by atomic mass is 32.2. The molecular formula is C22H27N9O3S2. The number of hydrogen-bond acceptors (Lipinski definition) is 10. The Morgan fingerprint density at radius 1 is 1.25 bits per heavy atom. The highest BCUT2D eigenvalue weighted by Crippen LogP contribution is 2.39.